The fourth-order valence-electron chi connectivity index (χ4n) is 3.82. The predicted octanol–water partition coefficient (Wildman–Crippen LogP) is 5.10. The molecule has 1 N–H and O–H groups in total. The molecule has 1 atom stereocenters. The predicted molar refractivity (Wildman–Crippen MR) is 141 cm³/mol. The van der Waals surface area contributed by atoms with Crippen molar-refractivity contribution in [2.24, 2.45) is 0 Å². The van der Waals surface area contributed by atoms with E-state index in [0.717, 1.165) is 17.4 Å². The second-order valence-corrected chi connectivity index (χ2v) is 7.97. The fourth-order valence-corrected chi connectivity index (χ4v) is 3.82. The van der Waals surface area contributed by atoms with Crippen LogP contribution in [0.3, 0.4) is 0 Å². The van der Waals surface area contributed by atoms with Crippen LogP contribution in [0.15, 0.2) is 85.2 Å². The summed E-state index contributed by atoms with van der Waals surface area (Å²) >= 11 is 0. The Morgan fingerprint density at radius 1 is 1.00 bits per heavy atom. The van der Waals surface area contributed by atoms with Crippen LogP contribution in [-0.2, 0) is 17.4 Å². The highest BCUT2D eigenvalue weighted by molar-refractivity contribution is 6.03. The van der Waals surface area contributed by atoms with E-state index in [1.54, 1.807) is 17.8 Å². The number of benzene rings is 2. The summed E-state index contributed by atoms with van der Waals surface area (Å²) in [6.45, 7) is 6.10. The summed E-state index contributed by atoms with van der Waals surface area (Å²) in [4.78, 5) is 33.9. The number of likely N-dealkylation sites (N-methyl/N-ethyl adjacent to an activating group) is 1. The first-order valence-corrected chi connectivity index (χ1v) is 12.4. The van der Waals surface area contributed by atoms with E-state index in [2.05, 4.69) is 20.4 Å². The van der Waals surface area contributed by atoms with Crippen molar-refractivity contribution >= 4 is 17.6 Å². The van der Waals surface area contributed by atoms with Crippen LogP contribution in [0.4, 0.5) is 19.0 Å². The van der Waals surface area contributed by atoms with E-state index in [1.807, 2.05) is 80.6 Å². The number of hydrogen-bond donors (Lipinski definition) is 1. The molecule has 0 fully saturated rings. The number of amides is 2. The van der Waals surface area contributed by atoms with Crippen LogP contribution in [0.25, 0.3) is 5.69 Å². The van der Waals surface area contributed by atoms with Crippen molar-refractivity contribution in [2.75, 3.05) is 11.4 Å². The number of carbonyl (C=O) groups is 2. The Balaban J connectivity index is 0.000000457. The fraction of sp³-hybridized carbons (Fsp3) is 0.250. The lowest BCUT2D eigenvalue weighted by Gasteiger charge is -2.32. The molecule has 3 heterocycles. The maximum atomic E-state index is 13.0. The van der Waals surface area contributed by atoms with E-state index in [0.29, 0.717) is 18.4 Å². The van der Waals surface area contributed by atoms with E-state index < -0.39 is 35.6 Å². The van der Waals surface area contributed by atoms with Crippen molar-refractivity contribution < 1.29 is 22.8 Å². The van der Waals surface area contributed by atoms with Crippen molar-refractivity contribution in [2.45, 2.75) is 39.4 Å². The zero-order valence-electron chi connectivity index (χ0n) is 21.8. The lowest BCUT2D eigenvalue weighted by Crippen LogP contribution is -2.53. The topological polar surface area (TPSA) is 93.0 Å². The van der Waals surface area contributed by atoms with Crippen LogP contribution in [0.2, 0.25) is 0 Å². The van der Waals surface area contributed by atoms with Gasteiger partial charge in [0.05, 0.1) is 11.9 Å². The third-order valence-electron chi connectivity index (χ3n) is 5.50. The smallest absolute Gasteiger partial charge is 0.337 e. The van der Waals surface area contributed by atoms with E-state index >= 15 is 0 Å². The number of para-hydroxylation sites is 1. The van der Waals surface area contributed by atoms with Crippen molar-refractivity contribution in [3.05, 3.63) is 102 Å². The highest BCUT2D eigenvalue weighted by Crippen LogP contribution is 2.30. The molecule has 0 aliphatic carbocycles. The SMILES string of the molecule is CC.CCN1C(=O)C(NC(=O)c2nccc(C(F)(F)F)n2)Cc2cnn(-c3ccccc3)c21.c1ccccc1. The van der Waals surface area contributed by atoms with Gasteiger partial charge >= 0.3 is 6.18 Å². The molecule has 2 amide bonds. The van der Waals surface area contributed by atoms with E-state index in [9.17, 15) is 22.8 Å². The average Bonchev–Trinajstić information content (AvgIpc) is 3.39. The Hall–Kier alpha value is -4.54. The van der Waals surface area contributed by atoms with E-state index in [4.69, 9.17) is 0 Å². The summed E-state index contributed by atoms with van der Waals surface area (Å²) in [6.07, 6.45) is -2.11. The Morgan fingerprint density at radius 2 is 1.59 bits per heavy atom. The molecule has 5 rings (SSSR count). The van der Waals surface area contributed by atoms with Crippen molar-refractivity contribution in [3.63, 3.8) is 0 Å². The van der Waals surface area contributed by atoms with Crippen LogP contribution < -0.4 is 10.2 Å². The maximum absolute atomic E-state index is 13.0. The van der Waals surface area contributed by atoms with Crippen molar-refractivity contribution in [1.29, 1.82) is 0 Å². The van der Waals surface area contributed by atoms with Gasteiger partial charge in [-0.15, -0.1) is 0 Å². The van der Waals surface area contributed by atoms with Gasteiger partial charge in [-0.2, -0.15) is 18.3 Å². The standard InChI is InChI=1S/C20H17F3N6O2.C6H6.C2H6/c1-2-28-18-12(11-25-29(18)13-6-4-3-5-7-13)10-14(19(28)31)26-17(30)16-24-9-8-15(27-16)20(21,22)23;1-2-4-6-5-3-1;1-2/h3-9,11,14H,2,10H2,1H3,(H,26,30);1-6H;1-2H3. The molecule has 1 unspecified atom stereocenters. The largest absolute Gasteiger partial charge is 0.433 e. The molecular weight excluding hydrogens is 509 g/mol. The number of carbonyl (C=O) groups excluding carboxylic acids is 2. The highest BCUT2D eigenvalue weighted by atomic mass is 19.4. The zero-order chi connectivity index (χ0) is 28.4. The van der Waals surface area contributed by atoms with Gasteiger partial charge in [-0.05, 0) is 25.1 Å². The van der Waals surface area contributed by atoms with E-state index in [1.165, 1.54) is 4.90 Å². The van der Waals surface area contributed by atoms with Gasteiger partial charge in [-0.1, -0.05) is 68.4 Å². The second kappa shape index (κ2) is 13.3. The summed E-state index contributed by atoms with van der Waals surface area (Å²) in [5, 5.41) is 6.83. The lowest BCUT2D eigenvalue weighted by molar-refractivity contribution is -0.141. The Morgan fingerprint density at radius 3 is 2.15 bits per heavy atom. The number of fused-ring (bicyclic) bond motifs is 1. The van der Waals surface area contributed by atoms with Gasteiger partial charge in [0, 0.05) is 24.7 Å². The first-order valence-electron chi connectivity index (χ1n) is 12.4. The molecule has 0 radical (unpaired) electrons. The minimum atomic E-state index is -4.71. The van der Waals surface area contributed by atoms with Crippen LogP contribution >= 0.6 is 0 Å². The summed E-state index contributed by atoms with van der Waals surface area (Å²) in [6, 6.07) is 21.0. The Labute approximate surface area is 224 Å². The van der Waals surface area contributed by atoms with Gasteiger partial charge in [-0.3, -0.25) is 14.5 Å². The summed E-state index contributed by atoms with van der Waals surface area (Å²) in [5.74, 6) is -1.41. The van der Waals surface area contributed by atoms with E-state index in [-0.39, 0.29) is 6.42 Å². The number of nitrogens with zero attached hydrogens (tertiary/aromatic N) is 5. The van der Waals surface area contributed by atoms with Crippen LogP contribution in [0.1, 0.15) is 42.6 Å². The molecule has 8 nitrogen and oxygen atoms in total. The van der Waals surface area contributed by atoms with Gasteiger partial charge in [0.1, 0.15) is 17.6 Å². The summed E-state index contributed by atoms with van der Waals surface area (Å²) in [5.41, 5.74) is 0.264. The molecule has 2 aromatic heterocycles. The van der Waals surface area contributed by atoms with Gasteiger partial charge in [-0.25, -0.2) is 14.6 Å². The Kier molecular flexibility index (Phi) is 9.91. The van der Waals surface area contributed by atoms with Gasteiger partial charge in [0.15, 0.2) is 0 Å². The molecule has 0 saturated carbocycles. The zero-order valence-corrected chi connectivity index (χ0v) is 21.8. The number of nitrogens with one attached hydrogen (secondary N) is 1. The van der Waals surface area contributed by atoms with Crippen molar-refractivity contribution in [3.8, 4) is 5.69 Å². The average molecular weight is 539 g/mol. The minimum Gasteiger partial charge on any atom is -0.337 e. The number of rotatable bonds is 4. The monoisotopic (exact) mass is 538 g/mol. The summed E-state index contributed by atoms with van der Waals surface area (Å²) < 4.78 is 40.2. The van der Waals surface area contributed by atoms with Crippen molar-refractivity contribution in [1.82, 2.24) is 25.1 Å². The molecule has 1 aliphatic rings. The third kappa shape index (κ3) is 7.07. The first-order chi connectivity index (χ1) is 18.8. The molecule has 0 spiro atoms. The molecule has 39 heavy (non-hydrogen) atoms. The normalized spacial score (nSPS) is 14.3. The van der Waals surface area contributed by atoms with Crippen LogP contribution in [-0.4, -0.2) is 44.1 Å². The molecule has 4 aromatic rings. The van der Waals surface area contributed by atoms with Gasteiger partial charge in [0.25, 0.3) is 11.8 Å². The molecule has 204 valence electrons. The molecule has 0 bridgehead atoms. The first kappa shape index (κ1) is 29.0. The number of alkyl halides is 3. The number of hydrogen-bond acceptors (Lipinski definition) is 5. The number of aromatic nitrogens is 4. The minimum absolute atomic E-state index is 0.141. The van der Waals surface area contributed by atoms with Gasteiger partial charge < -0.3 is 5.32 Å². The molecule has 2 aromatic carbocycles. The molecule has 11 heteroatoms. The van der Waals surface area contributed by atoms with Gasteiger partial charge in [0.2, 0.25) is 5.82 Å². The lowest BCUT2D eigenvalue weighted by atomic mass is 10.0. The highest BCUT2D eigenvalue weighted by Gasteiger charge is 2.37. The molecular formula is C28H29F3N6O2. The third-order valence-corrected chi connectivity index (χ3v) is 5.50. The maximum Gasteiger partial charge on any atom is 0.433 e. The quantitative estimate of drug-likeness (QED) is 0.390. The van der Waals surface area contributed by atoms with Crippen LogP contribution in [0, 0.1) is 0 Å². The molecule has 0 saturated heterocycles. The molecule has 1 aliphatic heterocycles. The Bertz CT molecular complexity index is 1330. The number of anilines is 1. The number of halogens is 3. The van der Waals surface area contributed by atoms with Crippen LogP contribution in [0.5, 0.6) is 0 Å². The summed E-state index contributed by atoms with van der Waals surface area (Å²) in [7, 11) is 0. The second-order valence-electron chi connectivity index (χ2n) is 7.97.